The van der Waals surface area contributed by atoms with Gasteiger partial charge in [-0.3, -0.25) is 10.1 Å². The van der Waals surface area contributed by atoms with Crippen LogP contribution in [0.5, 0.6) is 5.75 Å². The summed E-state index contributed by atoms with van der Waals surface area (Å²) in [6.45, 7) is 0.887. The Morgan fingerprint density at radius 1 is 1.10 bits per heavy atom. The molecule has 0 atom stereocenters. The molecule has 2 aromatic rings. The van der Waals surface area contributed by atoms with Gasteiger partial charge >= 0.3 is 0 Å². The summed E-state index contributed by atoms with van der Waals surface area (Å²) in [4.78, 5) is 10.5. The highest BCUT2D eigenvalue weighted by atomic mass is 16.6. The molecular weight excluding hydrogens is 270 g/mol. The molecule has 0 spiro atoms. The molecule has 0 heterocycles. The zero-order valence-corrected chi connectivity index (χ0v) is 11.8. The van der Waals surface area contributed by atoms with Crippen LogP contribution in [-0.2, 0) is 11.2 Å². The molecule has 0 N–H and O–H groups in total. The Bertz CT molecular complexity index is 598. The molecule has 5 nitrogen and oxygen atoms in total. The number of hydrogen-bond acceptors (Lipinski definition) is 4. The number of non-ortho nitro benzene ring substituents is 1. The molecule has 0 bridgehead atoms. The molecule has 0 aliphatic heterocycles. The Morgan fingerprint density at radius 3 is 2.52 bits per heavy atom. The van der Waals surface area contributed by atoms with Crippen LogP contribution in [0.25, 0.3) is 0 Å². The van der Waals surface area contributed by atoms with Crippen LogP contribution in [-0.4, -0.2) is 25.2 Å². The zero-order valence-electron chi connectivity index (χ0n) is 11.8. The molecular formula is C16H17NO4. The highest BCUT2D eigenvalue weighted by Gasteiger charge is 2.12. The molecule has 2 aromatic carbocycles. The van der Waals surface area contributed by atoms with Gasteiger partial charge in [0.05, 0.1) is 11.5 Å². The minimum Gasteiger partial charge on any atom is -0.491 e. The van der Waals surface area contributed by atoms with E-state index in [1.807, 2.05) is 30.3 Å². The first-order chi connectivity index (χ1) is 10.2. The van der Waals surface area contributed by atoms with Crippen molar-refractivity contribution in [3.05, 3.63) is 69.8 Å². The Hall–Kier alpha value is -2.40. The van der Waals surface area contributed by atoms with Crippen molar-refractivity contribution in [1.29, 1.82) is 0 Å². The van der Waals surface area contributed by atoms with Gasteiger partial charge in [-0.05, 0) is 11.6 Å². The van der Waals surface area contributed by atoms with Gasteiger partial charge in [0.25, 0.3) is 5.69 Å². The molecule has 0 aliphatic carbocycles. The topological polar surface area (TPSA) is 61.6 Å². The second kappa shape index (κ2) is 7.40. The summed E-state index contributed by atoms with van der Waals surface area (Å²) in [5, 5.41) is 10.9. The standard InChI is InChI=1S/C16H17NO4/c1-20-9-10-21-16-8-7-15(17(18)19)12-14(16)11-13-5-3-2-4-6-13/h2-8,12H,9-11H2,1H3. The summed E-state index contributed by atoms with van der Waals surface area (Å²) >= 11 is 0. The highest BCUT2D eigenvalue weighted by Crippen LogP contribution is 2.26. The summed E-state index contributed by atoms with van der Waals surface area (Å²) in [6.07, 6.45) is 0.588. The second-order valence-corrected chi connectivity index (χ2v) is 4.55. The average molecular weight is 287 g/mol. The minimum atomic E-state index is -0.395. The van der Waals surface area contributed by atoms with Gasteiger partial charge in [0, 0.05) is 31.2 Å². The Balaban J connectivity index is 2.25. The fourth-order valence-electron chi connectivity index (χ4n) is 2.01. The predicted molar refractivity (Wildman–Crippen MR) is 79.7 cm³/mol. The van der Waals surface area contributed by atoms with Gasteiger partial charge < -0.3 is 9.47 Å². The molecule has 110 valence electrons. The van der Waals surface area contributed by atoms with Crippen molar-refractivity contribution in [2.24, 2.45) is 0 Å². The summed E-state index contributed by atoms with van der Waals surface area (Å²) in [7, 11) is 1.60. The lowest BCUT2D eigenvalue weighted by molar-refractivity contribution is -0.384. The maximum atomic E-state index is 10.9. The number of methoxy groups -OCH3 is 1. The van der Waals surface area contributed by atoms with Crippen molar-refractivity contribution in [3.63, 3.8) is 0 Å². The lowest BCUT2D eigenvalue weighted by atomic mass is 10.0. The van der Waals surface area contributed by atoms with Crippen LogP contribution in [0.15, 0.2) is 48.5 Å². The molecule has 0 amide bonds. The molecule has 0 saturated carbocycles. The number of hydrogen-bond donors (Lipinski definition) is 0. The van der Waals surface area contributed by atoms with Crippen LogP contribution in [0.4, 0.5) is 5.69 Å². The van der Waals surface area contributed by atoms with Crippen molar-refractivity contribution in [2.45, 2.75) is 6.42 Å². The first kappa shape index (κ1) is 15.0. The highest BCUT2D eigenvalue weighted by molar-refractivity contribution is 5.46. The number of ether oxygens (including phenoxy) is 2. The van der Waals surface area contributed by atoms with Crippen molar-refractivity contribution in [2.75, 3.05) is 20.3 Å². The number of benzene rings is 2. The first-order valence-corrected chi connectivity index (χ1v) is 6.63. The largest absolute Gasteiger partial charge is 0.491 e. The average Bonchev–Trinajstić information content (AvgIpc) is 2.50. The normalized spacial score (nSPS) is 10.3. The third-order valence-corrected chi connectivity index (χ3v) is 3.04. The smallest absolute Gasteiger partial charge is 0.269 e. The van der Waals surface area contributed by atoms with Crippen molar-refractivity contribution >= 4 is 5.69 Å². The second-order valence-electron chi connectivity index (χ2n) is 4.55. The van der Waals surface area contributed by atoms with Gasteiger partial charge in [-0.25, -0.2) is 0 Å². The SMILES string of the molecule is COCCOc1ccc([N+](=O)[O-])cc1Cc1ccccc1. The molecule has 5 heteroatoms. The van der Waals surface area contributed by atoms with Crippen LogP contribution in [0.2, 0.25) is 0 Å². The van der Waals surface area contributed by atoms with Crippen LogP contribution >= 0.6 is 0 Å². The van der Waals surface area contributed by atoms with E-state index in [-0.39, 0.29) is 5.69 Å². The summed E-state index contributed by atoms with van der Waals surface area (Å²) in [5.74, 6) is 0.654. The third kappa shape index (κ3) is 4.29. The summed E-state index contributed by atoms with van der Waals surface area (Å²) in [6, 6.07) is 14.5. The lowest BCUT2D eigenvalue weighted by Crippen LogP contribution is -2.06. The molecule has 2 rings (SSSR count). The number of nitro benzene ring substituents is 1. The van der Waals surface area contributed by atoms with E-state index >= 15 is 0 Å². The monoisotopic (exact) mass is 287 g/mol. The minimum absolute atomic E-state index is 0.0695. The van der Waals surface area contributed by atoms with E-state index < -0.39 is 4.92 Å². The summed E-state index contributed by atoms with van der Waals surface area (Å²) in [5.41, 5.74) is 1.95. The van der Waals surface area contributed by atoms with E-state index in [2.05, 4.69) is 0 Å². The molecule has 21 heavy (non-hydrogen) atoms. The van der Waals surface area contributed by atoms with Gasteiger partial charge in [-0.2, -0.15) is 0 Å². The van der Waals surface area contributed by atoms with E-state index in [1.165, 1.54) is 6.07 Å². The van der Waals surface area contributed by atoms with Crippen molar-refractivity contribution in [1.82, 2.24) is 0 Å². The fourth-order valence-corrected chi connectivity index (χ4v) is 2.01. The van der Waals surface area contributed by atoms with Crippen LogP contribution in [0, 0.1) is 10.1 Å². The maximum Gasteiger partial charge on any atom is 0.269 e. The van der Waals surface area contributed by atoms with Gasteiger partial charge in [-0.15, -0.1) is 0 Å². The molecule has 0 saturated heterocycles. The van der Waals surface area contributed by atoms with Crippen LogP contribution in [0.3, 0.4) is 0 Å². The third-order valence-electron chi connectivity index (χ3n) is 3.04. The molecule has 0 unspecified atom stereocenters. The van der Waals surface area contributed by atoms with Crippen molar-refractivity contribution < 1.29 is 14.4 Å². The number of nitro groups is 1. The quantitative estimate of drug-likeness (QED) is 0.445. The number of nitrogens with zero attached hydrogens (tertiary/aromatic N) is 1. The Labute approximate surface area is 123 Å². The molecule has 0 radical (unpaired) electrons. The Kier molecular flexibility index (Phi) is 5.29. The van der Waals surface area contributed by atoms with E-state index in [4.69, 9.17) is 9.47 Å². The van der Waals surface area contributed by atoms with E-state index in [0.717, 1.165) is 11.1 Å². The summed E-state index contributed by atoms with van der Waals surface area (Å²) < 4.78 is 10.6. The van der Waals surface area contributed by atoms with E-state index in [1.54, 1.807) is 19.2 Å². The maximum absolute atomic E-state index is 10.9. The van der Waals surface area contributed by atoms with Crippen LogP contribution in [0.1, 0.15) is 11.1 Å². The fraction of sp³-hybridized carbons (Fsp3) is 0.250. The van der Waals surface area contributed by atoms with E-state index in [9.17, 15) is 10.1 Å². The lowest BCUT2D eigenvalue weighted by Gasteiger charge is -2.11. The van der Waals surface area contributed by atoms with Gasteiger partial charge in [0.15, 0.2) is 0 Å². The van der Waals surface area contributed by atoms with Crippen molar-refractivity contribution in [3.8, 4) is 5.75 Å². The predicted octanol–water partition coefficient (Wildman–Crippen LogP) is 3.21. The zero-order chi connectivity index (χ0) is 15.1. The van der Waals surface area contributed by atoms with E-state index in [0.29, 0.717) is 25.4 Å². The van der Waals surface area contributed by atoms with Gasteiger partial charge in [0.2, 0.25) is 0 Å². The number of rotatable bonds is 7. The Morgan fingerprint density at radius 2 is 1.86 bits per heavy atom. The molecule has 0 aliphatic rings. The molecule has 0 aromatic heterocycles. The van der Waals surface area contributed by atoms with Gasteiger partial charge in [-0.1, -0.05) is 30.3 Å². The van der Waals surface area contributed by atoms with Gasteiger partial charge in [0.1, 0.15) is 12.4 Å². The first-order valence-electron chi connectivity index (χ1n) is 6.63. The molecule has 0 fully saturated rings. The van der Waals surface area contributed by atoms with Crippen LogP contribution < -0.4 is 4.74 Å².